The van der Waals surface area contributed by atoms with Crippen LogP contribution >= 0.6 is 0 Å². The molecular weight excluding hydrogens is 172 g/mol. The third-order valence-corrected chi connectivity index (χ3v) is 5.66. The predicted octanol–water partition coefficient (Wildman–Crippen LogP) is 3.20. The molecule has 2 aliphatic rings. The Balaban J connectivity index is 2.60. The summed E-state index contributed by atoms with van der Waals surface area (Å²) in [5.41, 5.74) is 3.42. The first-order valence-electron chi connectivity index (χ1n) is 5.52. The molecule has 0 aromatic heterocycles. The van der Waals surface area contributed by atoms with E-state index in [1.807, 2.05) is 0 Å². The maximum Gasteiger partial charge on any atom is 0.123 e. The van der Waals surface area contributed by atoms with Crippen LogP contribution in [0, 0.1) is 22.7 Å². The molecule has 0 spiro atoms. The molecular formula is C13H20O. The van der Waals surface area contributed by atoms with Gasteiger partial charge in [0, 0.05) is 11.3 Å². The van der Waals surface area contributed by atoms with Gasteiger partial charge in [-0.05, 0) is 31.6 Å². The third-order valence-electron chi connectivity index (χ3n) is 5.66. The van der Waals surface area contributed by atoms with Gasteiger partial charge in [0.15, 0.2) is 0 Å². The molecule has 2 aliphatic carbocycles. The van der Waals surface area contributed by atoms with Gasteiger partial charge in [0.25, 0.3) is 0 Å². The zero-order valence-corrected chi connectivity index (χ0v) is 9.85. The van der Waals surface area contributed by atoms with Crippen molar-refractivity contribution in [3.05, 3.63) is 11.1 Å². The van der Waals surface area contributed by atoms with Crippen molar-refractivity contribution >= 4 is 6.29 Å². The monoisotopic (exact) mass is 192 g/mol. The molecule has 2 rings (SSSR count). The molecule has 0 saturated heterocycles. The molecule has 0 amide bonds. The first kappa shape index (κ1) is 9.95. The molecule has 0 aromatic carbocycles. The van der Waals surface area contributed by atoms with Crippen LogP contribution in [-0.4, -0.2) is 6.29 Å². The topological polar surface area (TPSA) is 17.1 Å². The Labute approximate surface area is 86.6 Å². The number of carbonyl (C=O) groups excluding carboxylic acids is 1. The molecule has 78 valence electrons. The maximum atomic E-state index is 11.1. The molecule has 1 heteroatoms. The molecule has 1 nitrogen and oxygen atoms in total. The lowest BCUT2D eigenvalue weighted by Gasteiger charge is -2.32. The van der Waals surface area contributed by atoms with Crippen LogP contribution in [0.3, 0.4) is 0 Å². The molecule has 14 heavy (non-hydrogen) atoms. The third kappa shape index (κ3) is 0.757. The average Bonchev–Trinajstić information content (AvgIpc) is 2.44. The van der Waals surface area contributed by atoms with Gasteiger partial charge >= 0.3 is 0 Å². The number of allylic oxidation sites excluding steroid dienone is 2. The molecule has 0 heterocycles. The summed E-state index contributed by atoms with van der Waals surface area (Å²) in [5, 5.41) is 0. The first-order chi connectivity index (χ1) is 6.39. The molecule has 0 aliphatic heterocycles. The summed E-state index contributed by atoms with van der Waals surface area (Å²) in [5.74, 6) is 0.858. The van der Waals surface area contributed by atoms with Gasteiger partial charge in [-0.2, -0.15) is 0 Å². The van der Waals surface area contributed by atoms with Crippen molar-refractivity contribution in [1.82, 2.24) is 0 Å². The minimum Gasteiger partial charge on any atom is -0.303 e. The van der Waals surface area contributed by atoms with E-state index in [9.17, 15) is 4.79 Å². The van der Waals surface area contributed by atoms with Crippen molar-refractivity contribution in [2.24, 2.45) is 22.7 Å². The second-order valence-electron chi connectivity index (χ2n) is 5.62. The Kier molecular flexibility index (Phi) is 1.78. The van der Waals surface area contributed by atoms with Crippen molar-refractivity contribution in [3.63, 3.8) is 0 Å². The number of fused-ring (bicyclic) bond motifs is 2. The van der Waals surface area contributed by atoms with E-state index in [1.54, 1.807) is 0 Å². The van der Waals surface area contributed by atoms with E-state index >= 15 is 0 Å². The van der Waals surface area contributed by atoms with Gasteiger partial charge in [0.1, 0.15) is 6.29 Å². The summed E-state index contributed by atoms with van der Waals surface area (Å²) in [6, 6.07) is 0. The molecule has 4 atom stereocenters. The molecule has 0 radical (unpaired) electrons. The van der Waals surface area contributed by atoms with Crippen LogP contribution in [0.15, 0.2) is 11.1 Å². The van der Waals surface area contributed by atoms with Crippen molar-refractivity contribution in [2.75, 3.05) is 0 Å². The molecule has 1 unspecified atom stereocenters. The number of carbonyl (C=O) groups is 1. The van der Waals surface area contributed by atoms with Crippen LogP contribution in [-0.2, 0) is 4.79 Å². The fourth-order valence-electron chi connectivity index (χ4n) is 3.93. The van der Waals surface area contributed by atoms with Gasteiger partial charge in [0.05, 0.1) is 0 Å². The Morgan fingerprint density at radius 3 is 2.21 bits per heavy atom. The SMILES string of the molecule is CC1=C(C)[C@]2(C)C(C)[C@@]1(C)C[C@@H]2C=O. The van der Waals surface area contributed by atoms with E-state index in [2.05, 4.69) is 34.6 Å². The standard InChI is InChI=1S/C13H20O/c1-8-9(2)13(5)10(3)12(8,4)6-11(13)7-14/h7,10-11H,6H2,1-5H3/t10?,11-,12+,13-/m1/s1. The molecule has 1 fully saturated rings. The lowest BCUT2D eigenvalue weighted by atomic mass is 9.71. The highest BCUT2D eigenvalue weighted by molar-refractivity contribution is 5.61. The highest BCUT2D eigenvalue weighted by Gasteiger charge is 2.62. The summed E-state index contributed by atoms with van der Waals surface area (Å²) in [7, 11) is 0. The summed E-state index contributed by atoms with van der Waals surface area (Å²) in [6.07, 6.45) is 2.23. The van der Waals surface area contributed by atoms with Crippen LogP contribution < -0.4 is 0 Å². The van der Waals surface area contributed by atoms with Crippen molar-refractivity contribution in [3.8, 4) is 0 Å². The number of hydrogen-bond donors (Lipinski definition) is 0. The summed E-state index contributed by atoms with van der Waals surface area (Å²) in [6.45, 7) is 11.4. The van der Waals surface area contributed by atoms with Crippen LogP contribution in [0.2, 0.25) is 0 Å². The fraction of sp³-hybridized carbons (Fsp3) is 0.769. The van der Waals surface area contributed by atoms with Crippen molar-refractivity contribution < 1.29 is 4.79 Å². The van der Waals surface area contributed by atoms with Gasteiger partial charge in [-0.1, -0.05) is 31.9 Å². The Hall–Kier alpha value is -0.590. The quantitative estimate of drug-likeness (QED) is 0.460. The number of aldehydes is 1. The Morgan fingerprint density at radius 2 is 1.86 bits per heavy atom. The largest absolute Gasteiger partial charge is 0.303 e. The highest BCUT2D eigenvalue weighted by atomic mass is 16.1. The van der Waals surface area contributed by atoms with E-state index in [0.717, 1.165) is 6.42 Å². The molecule has 0 aromatic rings. The zero-order chi connectivity index (χ0) is 10.7. The molecule has 1 saturated carbocycles. The van der Waals surface area contributed by atoms with Crippen LogP contribution in [0.5, 0.6) is 0 Å². The van der Waals surface area contributed by atoms with Gasteiger partial charge in [0.2, 0.25) is 0 Å². The maximum absolute atomic E-state index is 11.1. The summed E-state index contributed by atoms with van der Waals surface area (Å²) in [4.78, 5) is 11.1. The smallest absolute Gasteiger partial charge is 0.123 e. The van der Waals surface area contributed by atoms with E-state index in [-0.39, 0.29) is 16.7 Å². The zero-order valence-electron chi connectivity index (χ0n) is 9.85. The summed E-state index contributed by atoms with van der Waals surface area (Å²) < 4.78 is 0. The van der Waals surface area contributed by atoms with E-state index in [0.29, 0.717) is 5.92 Å². The van der Waals surface area contributed by atoms with Crippen LogP contribution in [0.25, 0.3) is 0 Å². The number of rotatable bonds is 1. The van der Waals surface area contributed by atoms with Crippen molar-refractivity contribution in [1.29, 1.82) is 0 Å². The van der Waals surface area contributed by atoms with Crippen LogP contribution in [0.4, 0.5) is 0 Å². The molecule has 0 N–H and O–H groups in total. The number of hydrogen-bond acceptors (Lipinski definition) is 1. The van der Waals surface area contributed by atoms with Crippen LogP contribution in [0.1, 0.15) is 41.0 Å². The fourth-order valence-corrected chi connectivity index (χ4v) is 3.93. The van der Waals surface area contributed by atoms with Gasteiger partial charge in [-0.15, -0.1) is 0 Å². The minimum absolute atomic E-state index is 0.139. The highest BCUT2D eigenvalue weighted by Crippen LogP contribution is 2.69. The second-order valence-corrected chi connectivity index (χ2v) is 5.62. The summed E-state index contributed by atoms with van der Waals surface area (Å²) >= 11 is 0. The lowest BCUT2D eigenvalue weighted by Crippen LogP contribution is -2.28. The lowest BCUT2D eigenvalue weighted by molar-refractivity contribution is -0.113. The van der Waals surface area contributed by atoms with E-state index in [1.165, 1.54) is 17.4 Å². The van der Waals surface area contributed by atoms with E-state index in [4.69, 9.17) is 0 Å². The van der Waals surface area contributed by atoms with Gasteiger partial charge < -0.3 is 4.79 Å². The average molecular weight is 192 g/mol. The van der Waals surface area contributed by atoms with Crippen molar-refractivity contribution in [2.45, 2.75) is 41.0 Å². The molecule has 2 bridgehead atoms. The second kappa shape index (κ2) is 2.50. The van der Waals surface area contributed by atoms with Gasteiger partial charge in [-0.25, -0.2) is 0 Å². The van der Waals surface area contributed by atoms with E-state index < -0.39 is 0 Å². The Bertz CT molecular complexity index is 328. The normalized spacial score (nSPS) is 51.5. The first-order valence-corrected chi connectivity index (χ1v) is 5.52. The minimum atomic E-state index is 0.139. The van der Waals surface area contributed by atoms with Gasteiger partial charge in [-0.3, -0.25) is 0 Å². The Morgan fingerprint density at radius 1 is 1.29 bits per heavy atom. The predicted molar refractivity (Wildman–Crippen MR) is 57.9 cm³/mol.